The first-order valence-corrected chi connectivity index (χ1v) is 6.01. The van der Waals surface area contributed by atoms with Crippen LogP contribution in [0.15, 0.2) is 18.2 Å². The van der Waals surface area contributed by atoms with Crippen molar-refractivity contribution in [1.82, 2.24) is 0 Å². The van der Waals surface area contributed by atoms with E-state index in [1.54, 1.807) is 25.3 Å². The SMILES string of the molecule is COc1cc(C#N)ccc1NC(=O)CCC(C)OC. The summed E-state index contributed by atoms with van der Waals surface area (Å²) in [6.07, 6.45) is 1.08. The zero-order valence-corrected chi connectivity index (χ0v) is 11.4. The number of carbonyl (C=O) groups excluding carboxylic acids is 1. The lowest BCUT2D eigenvalue weighted by molar-refractivity contribution is -0.116. The molecule has 1 aromatic rings. The average Bonchev–Trinajstić information content (AvgIpc) is 2.45. The van der Waals surface area contributed by atoms with Gasteiger partial charge in [-0.2, -0.15) is 5.26 Å². The van der Waals surface area contributed by atoms with Gasteiger partial charge in [0.2, 0.25) is 5.91 Å². The molecule has 0 saturated heterocycles. The monoisotopic (exact) mass is 262 g/mol. The molecule has 5 heteroatoms. The highest BCUT2D eigenvalue weighted by Crippen LogP contribution is 2.25. The van der Waals surface area contributed by atoms with Crippen molar-refractivity contribution in [2.24, 2.45) is 0 Å². The van der Waals surface area contributed by atoms with Crippen LogP contribution in [0.1, 0.15) is 25.3 Å². The smallest absolute Gasteiger partial charge is 0.224 e. The summed E-state index contributed by atoms with van der Waals surface area (Å²) in [4.78, 5) is 11.8. The average molecular weight is 262 g/mol. The Hall–Kier alpha value is -2.06. The summed E-state index contributed by atoms with van der Waals surface area (Å²) >= 11 is 0. The topological polar surface area (TPSA) is 71.3 Å². The molecule has 5 nitrogen and oxygen atoms in total. The molecule has 0 bridgehead atoms. The Morgan fingerprint density at radius 1 is 1.47 bits per heavy atom. The second-order valence-electron chi connectivity index (χ2n) is 4.16. The molecule has 0 heterocycles. The highest BCUT2D eigenvalue weighted by atomic mass is 16.5. The van der Waals surface area contributed by atoms with Crippen molar-refractivity contribution >= 4 is 11.6 Å². The van der Waals surface area contributed by atoms with E-state index in [4.69, 9.17) is 14.7 Å². The van der Waals surface area contributed by atoms with E-state index in [2.05, 4.69) is 5.32 Å². The van der Waals surface area contributed by atoms with E-state index in [1.165, 1.54) is 7.11 Å². The molecule has 0 fully saturated rings. The van der Waals surface area contributed by atoms with Crippen molar-refractivity contribution in [3.8, 4) is 11.8 Å². The maximum Gasteiger partial charge on any atom is 0.224 e. The van der Waals surface area contributed by atoms with Crippen LogP contribution >= 0.6 is 0 Å². The molecule has 0 aliphatic heterocycles. The van der Waals surface area contributed by atoms with Crippen LogP contribution in [-0.4, -0.2) is 26.2 Å². The van der Waals surface area contributed by atoms with Crippen LogP contribution in [0, 0.1) is 11.3 Å². The van der Waals surface area contributed by atoms with Gasteiger partial charge in [-0.05, 0) is 25.5 Å². The van der Waals surface area contributed by atoms with E-state index in [1.807, 2.05) is 13.0 Å². The van der Waals surface area contributed by atoms with Crippen molar-refractivity contribution < 1.29 is 14.3 Å². The van der Waals surface area contributed by atoms with Gasteiger partial charge in [0, 0.05) is 19.6 Å². The van der Waals surface area contributed by atoms with Gasteiger partial charge in [-0.25, -0.2) is 0 Å². The zero-order valence-electron chi connectivity index (χ0n) is 11.4. The van der Waals surface area contributed by atoms with Crippen LogP contribution in [0.4, 0.5) is 5.69 Å². The first-order valence-electron chi connectivity index (χ1n) is 6.01. The predicted octanol–water partition coefficient (Wildman–Crippen LogP) is 2.32. The molecular weight excluding hydrogens is 244 g/mol. The summed E-state index contributed by atoms with van der Waals surface area (Å²) in [5.74, 6) is 0.374. The number of hydrogen-bond acceptors (Lipinski definition) is 4. The number of amides is 1. The minimum atomic E-state index is -0.105. The van der Waals surface area contributed by atoms with E-state index in [0.717, 1.165) is 0 Å². The van der Waals surface area contributed by atoms with Crippen LogP contribution in [0.25, 0.3) is 0 Å². The summed E-state index contributed by atoms with van der Waals surface area (Å²) in [6.45, 7) is 1.91. The first kappa shape index (κ1) is 15.0. The van der Waals surface area contributed by atoms with E-state index < -0.39 is 0 Å². The summed E-state index contributed by atoms with van der Waals surface area (Å²) in [5, 5.41) is 11.6. The van der Waals surface area contributed by atoms with Crippen LogP contribution in [-0.2, 0) is 9.53 Å². The molecule has 0 aliphatic rings. The number of benzene rings is 1. The Bertz CT molecular complexity index is 480. The maximum absolute atomic E-state index is 11.8. The molecule has 0 aliphatic carbocycles. The Labute approximate surface area is 113 Å². The molecule has 1 N–H and O–H groups in total. The molecule has 1 atom stereocenters. The van der Waals surface area contributed by atoms with E-state index in [0.29, 0.717) is 29.8 Å². The van der Waals surface area contributed by atoms with Crippen LogP contribution in [0.3, 0.4) is 0 Å². The van der Waals surface area contributed by atoms with Crippen molar-refractivity contribution in [2.75, 3.05) is 19.5 Å². The molecule has 1 aromatic carbocycles. The maximum atomic E-state index is 11.8. The molecule has 0 spiro atoms. The van der Waals surface area contributed by atoms with Crippen LogP contribution < -0.4 is 10.1 Å². The van der Waals surface area contributed by atoms with Crippen molar-refractivity contribution in [3.63, 3.8) is 0 Å². The second kappa shape index (κ2) is 7.39. The largest absolute Gasteiger partial charge is 0.495 e. The van der Waals surface area contributed by atoms with Gasteiger partial charge in [-0.1, -0.05) is 0 Å². The Morgan fingerprint density at radius 3 is 2.79 bits per heavy atom. The van der Waals surface area contributed by atoms with E-state index >= 15 is 0 Å². The van der Waals surface area contributed by atoms with Gasteiger partial charge in [0.15, 0.2) is 0 Å². The van der Waals surface area contributed by atoms with Crippen molar-refractivity contribution in [3.05, 3.63) is 23.8 Å². The lowest BCUT2D eigenvalue weighted by Crippen LogP contribution is -2.15. The number of ether oxygens (including phenoxy) is 2. The highest BCUT2D eigenvalue weighted by molar-refractivity contribution is 5.92. The molecular formula is C14H18N2O3. The number of nitriles is 1. The third-order valence-electron chi connectivity index (χ3n) is 2.79. The van der Waals surface area contributed by atoms with Crippen LogP contribution in [0.5, 0.6) is 5.75 Å². The summed E-state index contributed by atoms with van der Waals surface area (Å²) < 4.78 is 10.2. The van der Waals surface area contributed by atoms with Gasteiger partial charge in [0.1, 0.15) is 5.75 Å². The molecule has 1 unspecified atom stereocenters. The number of rotatable bonds is 6. The number of nitrogens with one attached hydrogen (secondary N) is 1. The van der Waals surface area contributed by atoms with Crippen molar-refractivity contribution in [2.45, 2.75) is 25.9 Å². The van der Waals surface area contributed by atoms with Crippen molar-refractivity contribution in [1.29, 1.82) is 5.26 Å². The molecule has 0 saturated carbocycles. The van der Waals surface area contributed by atoms with Gasteiger partial charge >= 0.3 is 0 Å². The lowest BCUT2D eigenvalue weighted by atomic mass is 10.2. The molecule has 19 heavy (non-hydrogen) atoms. The summed E-state index contributed by atoms with van der Waals surface area (Å²) in [6, 6.07) is 6.91. The normalized spacial score (nSPS) is 11.5. The van der Waals surface area contributed by atoms with Gasteiger partial charge in [0.05, 0.1) is 30.5 Å². The third-order valence-corrected chi connectivity index (χ3v) is 2.79. The number of hydrogen-bond donors (Lipinski definition) is 1. The van der Waals surface area contributed by atoms with Gasteiger partial charge < -0.3 is 14.8 Å². The van der Waals surface area contributed by atoms with E-state index in [9.17, 15) is 4.79 Å². The summed E-state index contributed by atoms with van der Waals surface area (Å²) in [5.41, 5.74) is 1.06. The lowest BCUT2D eigenvalue weighted by Gasteiger charge is -2.12. The minimum absolute atomic E-state index is 0.0496. The Morgan fingerprint density at radius 2 is 2.21 bits per heavy atom. The fourth-order valence-corrected chi connectivity index (χ4v) is 1.53. The molecule has 0 radical (unpaired) electrons. The number of nitrogens with zero attached hydrogens (tertiary/aromatic N) is 1. The molecule has 0 aromatic heterocycles. The Kier molecular flexibility index (Phi) is 5.83. The van der Waals surface area contributed by atoms with E-state index in [-0.39, 0.29) is 12.0 Å². The van der Waals surface area contributed by atoms with Crippen LogP contribution in [0.2, 0.25) is 0 Å². The first-order chi connectivity index (χ1) is 9.10. The standard InChI is InChI=1S/C14H18N2O3/c1-10(18-2)4-7-14(17)16-12-6-5-11(9-15)8-13(12)19-3/h5-6,8,10H,4,7H2,1-3H3,(H,16,17). The molecule has 102 valence electrons. The second-order valence-corrected chi connectivity index (χ2v) is 4.16. The molecule has 1 amide bonds. The Balaban J connectivity index is 2.66. The number of methoxy groups -OCH3 is 2. The predicted molar refractivity (Wildman–Crippen MR) is 72.0 cm³/mol. The quantitative estimate of drug-likeness (QED) is 0.854. The number of carbonyl (C=O) groups is 1. The number of anilines is 1. The van der Waals surface area contributed by atoms with Gasteiger partial charge in [-0.15, -0.1) is 0 Å². The highest BCUT2D eigenvalue weighted by Gasteiger charge is 2.10. The summed E-state index contributed by atoms with van der Waals surface area (Å²) in [7, 11) is 3.12. The molecule has 1 rings (SSSR count). The fraction of sp³-hybridized carbons (Fsp3) is 0.429. The third kappa shape index (κ3) is 4.60. The zero-order chi connectivity index (χ0) is 14.3. The van der Waals surface area contributed by atoms with Gasteiger partial charge in [0.25, 0.3) is 0 Å². The fourth-order valence-electron chi connectivity index (χ4n) is 1.53. The van der Waals surface area contributed by atoms with Gasteiger partial charge in [-0.3, -0.25) is 4.79 Å². The minimum Gasteiger partial charge on any atom is -0.495 e.